The van der Waals surface area contributed by atoms with Crippen molar-refractivity contribution in [1.82, 2.24) is 14.8 Å². The van der Waals surface area contributed by atoms with Crippen LogP contribution in [0.1, 0.15) is 29.9 Å². The summed E-state index contributed by atoms with van der Waals surface area (Å²) in [6.07, 6.45) is 3.63. The van der Waals surface area contributed by atoms with Gasteiger partial charge >= 0.3 is 0 Å². The summed E-state index contributed by atoms with van der Waals surface area (Å²) in [6, 6.07) is 12.2. The van der Waals surface area contributed by atoms with Crippen LogP contribution < -0.4 is 5.73 Å². The predicted octanol–water partition coefficient (Wildman–Crippen LogP) is 2.77. The molecule has 1 aromatic carbocycles. The molecule has 4 nitrogen and oxygen atoms in total. The summed E-state index contributed by atoms with van der Waals surface area (Å²) < 4.78 is 1.89. The molecular formula is C17H20N4. The van der Waals surface area contributed by atoms with Gasteiger partial charge in [-0.25, -0.2) is 0 Å². The van der Waals surface area contributed by atoms with Gasteiger partial charge in [-0.3, -0.25) is 9.67 Å². The molecule has 0 aliphatic heterocycles. The van der Waals surface area contributed by atoms with E-state index in [1.807, 2.05) is 30.1 Å². The van der Waals surface area contributed by atoms with E-state index in [1.54, 1.807) is 0 Å². The first-order valence-electron chi connectivity index (χ1n) is 7.30. The van der Waals surface area contributed by atoms with Gasteiger partial charge in [-0.1, -0.05) is 31.2 Å². The SMILES string of the molecule is CCc1ccc(CC(N)c2nn(C)c3ccccc23)nc1. The third kappa shape index (κ3) is 2.67. The van der Waals surface area contributed by atoms with Crippen LogP contribution >= 0.6 is 0 Å². The summed E-state index contributed by atoms with van der Waals surface area (Å²) in [5, 5.41) is 5.71. The normalized spacial score (nSPS) is 12.7. The highest BCUT2D eigenvalue weighted by atomic mass is 15.3. The summed E-state index contributed by atoms with van der Waals surface area (Å²) in [6.45, 7) is 2.13. The Kier molecular flexibility index (Phi) is 3.71. The molecular weight excluding hydrogens is 260 g/mol. The van der Waals surface area contributed by atoms with Crippen molar-refractivity contribution in [2.24, 2.45) is 12.8 Å². The highest BCUT2D eigenvalue weighted by Gasteiger charge is 2.16. The van der Waals surface area contributed by atoms with Crippen LogP contribution in [0, 0.1) is 0 Å². The topological polar surface area (TPSA) is 56.7 Å². The predicted molar refractivity (Wildman–Crippen MR) is 85.0 cm³/mol. The summed E-state index contributed by atoms with van der Waals surface area (Å²) in [4.78, 5) is 4.49. The van der Waals surface area contributed by atoms with Crippen LogP contribution in [0.4, 0.5) is 0 Å². The number of hydrogen-bond donors (Lipinski definition) is 1. The van der Waals surface area contributed by atoms with Crippen LogP contribution in [0.15, 0.2) is 42.6 Å². The molecule has 2 N–H and O–H groups in total. The van der Waals surface area contributed by atoms with Crippen LogP contribution in [-0.4, -0.2) is 14.8 Å². The molecule has 4 heteroatoms. The maximum absolute atomic E-state index is 6.36. The fourth-order valence-corrected chi connectivity index (χ4v) is 2.62. The van der Waals surface area contributed by atoms with E-state index in [4.69, 9.17) is 5.73 Å². The number of fused-ring (bicyclic) bond motifs is 1. The Hall–Kier alpha value is -2.20. The van der Waals surface area contributed by atoms with Crippen LogP contribution in [0.3, 0.4) is 0 Å². The summed E-state index contributed by atoms with van der Waals surface area (Å²) in [5.74, 6) is 0. The fraction of sp³-hybridized carbons (Fsp3) is 0.294. The number of aromatic nitrogens is 3. The summed E-state index contributed by atoms with van der Waals surface area (Å²) >= 11 is 0. The zero-order chi connectivity index (χ0) is 14.8. The van der Waals surface area contributed by atoms with Crippen molar-refractivity contribution in [3.05, 3.63) is 59.5 Å². The number of aryl methyl sites for hydroxylation is 2. The lowest BCUT2D eigenvalue weighted by Gasteiger charge is -2.09. The van der Waals surface area contributed by atoms with E-state index in [-0.39, 0.29) is 6.04 Å². The second kappa shape index (κ2) is 5.66. The van der Waals surface area contributed by atoms with Gasteiger partial charge in [-0.15, -0.1) is 0 Å². The molecule has 0 spiro atoms. The van der Waals surface area contributed by atoms with E-state index >= 15 is 0 Å². The highest BCUT2D eigenvalue weighted by molar-refractivity contribution is 5.82. The number of nitrogens with zero attached hydrogens (tertiary/aromatic N) is 3. The van der Waals surface area contributed by atoms with E-state index < -0.39 is 0 Å². The largest absolute Gasteiger partial charge is 0.322 e. The van der Waals surface area contributed by atoms with Gasteiger partial charge < -0.3 is 5.73 Å². The van der Waals surface area contributed by atoms with Crippen LogP contribution in [0.2, 0.25) is 0 Å². The van der Waals surface area contributed by atoms with Crippen molar-refractivity contribution in [3.63, 3.8) is 0 Å². The lowest BCUT2D eigenvalue weighted by Crippen LogP contribution is -2.15. The minimum atomic E-state index is -0.143. The Morgan fingerprint density at radius 2 is 2.00 bits per heavy atom. The molecule has 21 heavy (non-hydrogen) atoms. The number of rotatable bonds is 4. The Balaban J connectivity index is 1.88. The lowest BCUT2D eigenvalue weighted by atomic mass is 10.0. The molecule has 0 aliphatic rings. The smallest absolute Gasteiger partial charge is 0.0874 e. The molecule has 0 radical (unpaired) electrons. The zero-order valence-corrected chi connectivity index (χ0v) is 12.5. The third-order valence-corrected chi connectivity index (χ3v) is 3.86. The van der Waals surface area contributed by atoms with Crippen molar-refractivity contribution in [1.29, 1.82) is 0 Å². The first-order valence-corrected chi connectivity index (χ1v) is 7.30. The Bertz CT molecular complexity index is 743. The van der Waals surface area contributed by atoms with E-state index in [0.29, 0.717) is 6.42 Å². The quantitative estimate of drug-likeness (QED) is 0.799. The Labute approximate surface area is 124 Å². The van der Waals surface area contributed by atoms with Crippen LogP contribution in [-0.2, 0) is 19.9 Å². The highest BCUT2D eigenvalue weighted by Crippen LogP contribution is 2.23. The molecule has 3 aromatic rings. The van der Waals surface area contributed by atoms with Gasteiger partial charge in [0.2, 0.25) is 0 Å². The van der Waals surface area contributed by atoms with E-state index in [1.165, 1.54) is 5.56 Å². The monoisotopic (exact) mass is 280 g/mol. The molecule has 108 valence electrons. The first-order chi connectivity index (χ1) is 10.2. The first kappa shape index (κ1) is 13.8. The van der Waals surface area contributed by atoms with E-state index in [0.717, 1.165) is 28.7 Å². The molecule has 0 amide bonds. The van der Waals surface area contributed by atoms with Gasteiger partial charge in [0.15, 0.2) is 0 Å². The van der Waals surface area contributed by atoms with E-state index in [9.17, 15) is 0 Å². The molecule has 0 saturated heterocycles. The zero-order valence-electron chi connectivity index (χ0n) is 12.5. The number of pyridine rings is 1. The minimum Gasteiger partial charge on any atom is -0.322 e. The van der Waals surface area contributed by atoms with Gasteiger partial charge in [0.05, 0.1) is 17.3 Å². The molecule has 3 rings (SSSR count). The van der Waals surface area contributed by atoms with Crippen molar-refractivity contribution in [2.45, 2.75) is 25.8 Å². The molecule has 0 fully saturated rings. The van der Waals surface area contributed by atoms with Crippen molar-refractivity contribution in [3.8, 4) is 0 Å². The molecule has 2 aromatic heterocycles. The summed E-state index contributed by atoms with van der Waals surface area (Å²) in [7, 11) is 1.95. The Morgan fingerprint density at radius 3 is 2.71 bits per heavy atom. The average molecular weight is 280 g/mol. The maximum atomic E-state index is 6.36. The van der Waals surface area contributed by atoms with Crippen molar-refractivity contribution < 1.29 is 0 Å². The van der Waals surface area contributed by atoms with Gasteiger partial charge in [-0.2, -0.15) is 5.10 Å². The van der Waals surface area contributed by atoms with E-state index in [2.05, 4.69) is 41.3 Å². The van der Waals surface area contributed by atoms with Crippen molar-refractivity contribution in [2.75, 3.05) is 0 Å². The molecule has 1 atom stereocenters. The second-order valence-electron chi connectivity index (χ2n) is 5.35. The van der Waals surface area contributed by atoms with Gasteiger partial charge in [0.25, 0.3) is 0 Å². The maximum Gasteiger partial charge on any atom is 0.0874 e. The van der Waals surface area contributed by atoms with Gasteiger partial charge in [0.1, 0.15) is 0 Å². The second-order valence-corrected chi connectivity index (χ2v) is 5.35. The summed E-state index contributed by atoms with van der Waals surface area (Å²) in [5.41, 5.74) is 10.7. The molecule has 0 aliphatic carbocycles. The van der Waals surface area contributed by atoms with Gasteiger partial charge in [-0.05, 0) is 24.1 Å². The average Bonchev–Trinajstić information content (AvgIpc) is 2.86. The standard InChI is InChI=1S/C17H20N4/c1-3-12-8-9-13(19-11-12)10-15(18)17-14-6-4-5-7-16(14)21(2)20-17/h4-9,11,15H,3,10,18H2,1-2H3. The number of benzene rings is 1. The number of nitrogens with two attached hydrogens (primary N) is 1. The van der Waals surface area contributed by atoms with Crippen LogP contribution in [0.25, 0.3) is 10.9 Å². The molecule has 0 saturated carbocycles. The van der Waals surface area contributed by atoms with Crippen LogP contribution in [0.5, 0.6) is 0 Å². The molecule has 1 unspecified atom stereocenters. The van der Waals surface area contributed by atoms with Crippen molar-refractivity contribution >= 4 is 10.9 Å². The molecule has 0 bridgehead atoms. The minimum absolute atomic E-state index is 0.143. The lowest BCUT2D eigenvalue weighted by molar-refractivity contribution is 0.656. The number of hydrogen-bond acceptors (Lipinski definition) is 3. The Morgan fingerprint density at radius 1 is 1.19 bits per heavy atom. The fourth-order valence-electron chi connectivity index (χ4n) is 2.62. The number of para-hydroxylation sites is 1. The molecule has 2 heterocycles. The third-order valence-electron chi connectivity index (χ3n) is 3.86. The van der Waals surface area contributed by atoms with Gasteiger partial charge in [0, 0.05) is 30.7 Å².